The maximum atomic E-state index is 12.4. The lowest BCUT2D eigenvalue weighted by atomic mass is 10.0. The monoisotopic (exact) mass is 392 g/mol. The van der Waals surface area contributed by atoms with E-state index < -0.39 is 17.8 Å². The number of benzene rings is 1. The Hall–Kier alpha value is -1.15. The first-order valence-electron chi connectivity index (χ1n) is 5.89. The second-order valence-electron chi connectivity index (χ2n) is 4.41. The lowest BCUT2D eigenvalue weighted by Gasteiger charge is -2.12. The Labute approximate surface area is 128 Å². The third-order valence-corrected chi connectivity index (χ3v) is 3.58. The molecule has 2 nitrogen and oxygen atoms in total. The van der Waals surface area contributed by atoms with E-state index in [4.69, 9.17) is 5.73 Å². The van der Waals surface area contributed by atoms with E-state index in [0.29, 0.717) is 12.1 Å². The van der Waals surface area contributed by atoms with Crippen LogP contribution in [0.2, 0.25) is 0 Å². The fraction of sp³-hybridized carbons (Fsp3) is 0.214. The quantitative estimate of drug-likeness (QED) is 0.804. The van der Waals surface area contributed by atoms with Gasteiger partial charge in [0, 0.05) is 9.77 Å². The Bertz CT molecular complexity index is 564. The van der Waals surface area contributed by atoms with Crippen LogP contribution in [0.5, 0.6) is 0 Å². The third kappa shape index (κ3) is 3.92. The number of aromatic nitrogens is 1. The number of rotatable bonds is 3. The van der Waals surface area contributed by atoms with Crippen molar-refractivity contribution in [2.75, 3.05) is 0 Å². The van der Waals surface area contributed by atoms with Crippen molar-refractivity contribution in [3.05, 3.63) is 63.0 Å². The molecule has 0 fully saturated rings. The molecule has 0 aliphatic heterocycles. The summed E-state index contributed by atoms with van der Waals surface area (Å²) in [5.74, 6) is 0. The summed E-state index contributed by atoms with van der Waals surface area (Å²) >= 11 is 2.20. The molecule has 0 spiro atoms. The Morgan fingerprint density at radius 1 is 1.10 bits per heavy atom. The van der Waals surface area contributed by atoms with Gasteiger partial charge in [0.2, 0.25) is 0 Å². The SMILES string of the molecule is NC(Cc1ccc(I)cc1)c1ccc(C(F)(F)F)cn1. The lowest BCUT2D eigenvalue weighted by Crippen LogP contribution is -2.16. The smallest absolute Gasteiger partial charge is 0.322 e. The van der Waals surface area contributed by atoms with Crippen LogP contribution in [0.4, 0.5) is 13.2 Å². The van der Waals surface area contributed by atoms with Crippen LogP contribution < -0.4 is 5.73 Å². The molecule has 2 aromatic rings. The lowest BCUT2D eigenvalue weighted by molar-refractivity contribution is -0.137. The molecule has 106 valence electrons. The first-order valence-corrected chi connectivity index (χ1v) is 6.97. The summed E-state index contributed by atoms with van der Waals surface area (Å²) in [6.07, 6.45) is -3.01. The summed E-state index contributed by atoms with van der Waals surface area (Å²) in [5.41, 5.74) is 6.70. The average molecular weight is 392 g/mol. The zero-order chi connectivity index (χ0) is 14.8. The van der Waals surface area contributed by atoms with Gasteiger partial charge in [-0.3, -0.25) is 4.98 Å². The molecule has 1 atom stereocenters. The van der Waals surface area contributed by atoms with Gasteiger partial charge in [-0.25, -0.2) is 0 Å². The van der Waals surface area contributed by atoms with E-state index in [0.717, 1.165) is 21.4 Å². The van der Waals surface area contributed by atoms with Gasteiger partial charge < -0.3 is 5.73 Å². The number of nitrogens with two attached hydrogens (primary N) is 1. The van der Waals surface area contributed by atoms with Crippen molar-refractivity contribution < 1.29 is 13.2 Å². The van der Waals surface area contributed by atoms with E-state index in [9.17, 15) is 13.2 Å². The topological polar surface area (TPSA) is 38.9 Å². The highest BCUT2D eigenvalue weighted by Crippen LogP contribution is 2.29. The molecular formula is C14H12F3IN2. The maximum absolute atomic E-state index is 12.4. The molecule has 0 bridgehead atoms. The summed E-state index contributed by atoms with van der Waals surface area (Å²) in [6.45, 7) is 0. The highest BCUT2D eigenvalue weighted by atomic mass is 127. The van der Waals surface area contributed by atoms with Gasteiger partial charge in [0.25, 0.3) is 0 Å². The summed E-state index contributed by atoms with van der Waals surface area (Å²) < 4.78 is 38.4. The minimum absolute atomic E-state index is 0.419. The maximum Gasteiger partial charge on any atom is 0.417 e. The number of hydrogen-bond acceptors (Lipinski definition) is 2. The van der Waals surface area contributed by atoms with E-state index in [-0.39, 0.29) is 0 Å². The molecule has 0 aliphatic rings. The van der Waals surface area contributed by atoms with Gasteiger partial charge in [-0.1, -0.05) is 12.1 Å². The minimum atomic E-state index is -4.37. The molecule has 2 rings (SSSR count). The van der Waals surface area contributed by atoms with Gasteiger partial charge in [0.05, 0.1) is 17.3 Å². The molecule has 1 aromatic carbocycles. The van der Waals surface area contributed by atoms with Crippen molar-refractivity contribution in [3.8, 4) is 0 Å². The standard InChI is InChI=1S/C14H12F3IN2/c15-14(16,17)10-3-6-13(20-8-10)12(19)7-9-1-4-11(18)5-2-9/h1-6,8,12H,7,19H2. The van der Waals surface area contributed by atoms with Gasteiger partial charge in [0.15, 0.2) is 0 Å². The normalized spacial score (nSPS) is 13.2. The number of alkyl halides is 3. The van der Waals surface area contributed by atoms with Crippen molar-refractivity contribution in [2.45, 2.75) is 18.6 Å². The van der Waals surface area contributed by atoms with Crippen LogP contribution in [0, 0.1) is 3.57 Å². The van der Waals surface area contributed by atoms with Gasteiger partial charge in [0.1, 0.15) is 0 Å². The summed E-state index contributed by atoms with van der Waals surface area (Å²) in [7, 11) is 0. The minimum Gasteiger partial charge on any atom is -0.322 e. The molecule has 1 unspecified atom stereocenters. The predicted molar refractivity (Wildman–Crippen MR) is 79.0 cm³/mol. The zero-order valence-corrected chi connectivity index (χ0v) is 12.5. The summed E-state index contributed by atoms with van der Waals surface area (Å²) in [5, 5.41) is 0. The second kappa shape index (κ2) is 6.09. The summed E-state index contributed by atoms with van der Waals surface area (Å²) in [4.78, 5) is 3.81. The molecule has 0 saturated heterocycles. The zero-order valence-electron chi connectivity index (χ0n) is 10.4. The molecule has 0 amide bonds. The number of hydrogen-bond donors (Lipinski definition) is 1. The first-order chi connectivity index (χ1) is 9.36. The van der Waals surface area contributed by atoms with Crippen LogP contribution >= 0.6 is 22.6 Å². The van der Waals surface area contributed by atoms with Crippen LogP contribution in [-0.4, -0.2) is 4.98 Å². The Kier molecular flexibility index (Phi) is 4.64. The molecule has 1 heterocycles. The number of nitrogens with zero attached hydrogens (tertiary/aromatic N) is 1. The first kappa shape index (κ1) is 15.2. The predicted octanol–water partition coefficient (Wildman–Crippen LogP) is 3.95. The molecular weight excluding hydrogens is 380 g/mol. The Balaban J connectivity index is 2.09. The fourth-order valence-corrected chi connectivity index (χ4v) is 2.13. The molecule has 0 saturated carbocycles. The second-order valence-corrected chi connectivity index (χ2v) is 5.65. The largest absolute Gasteiger partial charge is 0.417 e. The fourth-order valence-electron chi connectivity index (χ4n) is 1.77. The van der Waals surface area contributed by atoms with Crippen molar-refractivity contribution in [1.82, 2.24) is 4.98 Å². The molecule has 0 radical (unpaired) electrons. The van der Waals surface area contributed by atoms with Crippen molar-refractivity contribution >= 4 is 22.6 Å². The van der Waals surface area contributed by atoms with Gasteiger partial charge in [-0.05, 0) is 58.8 Å². The summed E-state index contributed by atoms with van der Waals surface area (Å²) in [6, 6.07) is 9.75. The van der Waals surface area contributed by atoms with Crippen LogP contribution in [0.1, 0.15) is 22.9 Å². The third-order valence-electron chi connectivity index (χ3n) is 2.86. The van der Waals surface area contributed by atoms with Crippen molar-refractivity contribution in [1.29, 1.82) is 0 Å². The number of halogens is 4. The van der Waals surface area contributed by atoms with Gasteiger partial charge in [-0.15, -0.1) is 0 Å². The molecule has 20 heavy (non-hydrogen) atoms. The van der Waals surface area contributed by atoms with Gasteiger partial charge in [-0.2, -0.15) is 13.2 Å². The van der Waals surface area contributed by atoms with E-state index in [1.54, 1.807) is 0 Å². The molecule has 6 heteroatoms. The van der Waals surface area contributed by atoms with Crippen LogP contribution in [0.15, 0.2) is 42.6 Å². The number of pyridine rings is 1. The average Bonchev–Trinajstić information content (AvgIpc) is 2.40. The Morgan fingerprint density at radius 2 is 1.75 bits per heavy atom. The van der Waals surface area contributed by atoms with E-state index >= 15 is 0 Å². The van der Waals surface area contributed by atoms with Crippen molar-refractivity contribution in [2.24, 2.45) is 5.73 Å². The molecule has 0 aliphatic carbocycles. The Morgan fingerprint density at radius 3 is 2.25 bits per heavy atom. The van der Waals surface area contributed by atoms with E-state index in [1.165, 1.54) is 6.07 Å². The van der Waals surface area contributed by atoms with Crippen LogP contribution in [-0.2, 0) is 12.6 Å². The van der Waals surface area contributed by atoms with E-state index in [1.807, 2.05) is 24.3 Å². The molecule has 1 aromatic heterocycles. The van der Waals surface area contributed by atoms with Crippen LogP contribution in [0.3, 0.4) is 0 Å². The van der Waals surface area contributed by atoms with Crippen LogP contribution in [0.25, 0.3) is 0 Å². The van der Waals surface area contributed by atoms with E-state index in [2.05, 4.69) is 27.6 Å². The highest BCUT2D eigenvalue weighted by Gasteiger charge is 2.30. The molecule has 2 N–H and O–H groups in total. The van der Waals surface area contributed by atoms with Crippen molar-refractivity contribution in [3.63, 3.8) is 0 Å². The van der Waals surface area contributed by atoms with Gasteiger partial charge >= 0.3 is 6.18 Å². The highest BCUT2D eigenvalue weighted by molar-refractivity contribution is 14.1.